The summed E-state index contributed by atoms with van der Waals surface area (Å²) in [5, 5.41) is 2.93. The van der Waals surface area contributed by atoms with Crippen molar-refractivity contribution in [3.8, 4) is 0 Å². The smallest absolute Gasteiger partial charge is 0.249 e. The Morgan fingerprint density at radius 1 is 1.26 bits per heavy atom. The van der Waals surface area contributed by atoms with E-state index in [9.17, 15) is 9.59 Å². The molecule has 1 aliphatic heterocycles. The number of carbonyl (C=O) groups excluding carboxylic acids is 2. The fourth-order valence-corrected chi connectivity index (χ4v) is 3.32. The zero-order chi connectivity index (χ0) is 16.5. The number of morpholine rings is 1. The molecular formula is C16H23N3O3S. The molecule has 0 bridgehead atoms. The molecule has 0 radical (unpaired) electrons. The number of thioether (sulfide) groups is 1. The molecule has 6 nitrogen and oxygen atoms in total. The molecule has 0 atom stereocenters. The monoisotopic (exact) mass is 337 g/mol. The first-order chi connectivity index (χ1) is 11.2. The molecule has 0 unspecified atom stereocenters. The standard InChI is InChI=1S/C16H23N3O3S/c17-16(21)13-3-1-2-4-14(13)23-12-5-15(20)18-6-7-19-8-10-22-11-9-19/h1-4H,5-12H2,(H2,17,21)(H,18,20). The van der Waals surface area contributed by atoms with Gasteiger partial charge in [0.1, 0.15) is 0 Å². The lowest BCUT2D eigenvalue weighted by Crippen LogP contribution is -2.41. The molecule has 1 aromatic rings. The van der Waals surface area contributed by atoms with Crippen molar-refractivity contribution in [3.05, 3.63) is 29.8 Å². The zero-order valence-corrected chi connectivity index (χ0v) is 13.9. The summed E-state index contributed by atoms with van der Waals surface area (Å²) in [6, 6.07) is 7.19. The molecule has 1 fully saturated rings. The van der Waals surface area contributed by atoms with Crippen molar-refractivity contribution in [2.75, 3.05) is 45.1 Å². The lowest BCUT2D eigenvalue weighted by atomic mass is 10.2. The average Bonchev–Trinajstić information content (AvgIpc) is 2.56. The summed E-state index contributed by atoms with van der Waals surface area (Å²) in [5.41, 5.74) is 5.84. The number of hydrogen-bond donors (Lipinski definition) is 2. The number of amides is 2. The third-order valence-corrected chi connectivity index (χ3v) is 4.67. The number of hydrogen-bond acceptors (Lipinski definition) is 5. The highest BCUT2D eigenvalue weighted by atomic mass is 32.2. The number of nitrogens with two attached hydrogens (primary N) is 1. The first kappa shape index (κ1) is 17.8. The maximum absolute atomic E-state index is 11.8. The van der Waals surface area contributed by atoms with Crippen LogP contribution in [-0.4, -0.2) is 61.9 Å². The van der Waals surface area contributed by atoms with E-state index in [0.717, 1.165) is 37.7 Å². The number of rotatable bonds is 8. The summed E-state index contributed by atoms with van der Waals surface area (Å²) >= 11 is 1.48. The maximum Gasteiger partial charge on any atom is 0.249 e. The van der Waals surface area contributed by atoms with Crippen molar-refractivity contribution in [2.45, 2.75) is 11.3 Å². The van der Waals surface area contributed by atoms with Gasteiger partial charge in [-0.15, -0.1) is 11.8 Å². The molecule has 0 spiro atoms. The van der Waals surface area contributed by atoms with E-state index in [0.29, 0.717) is 24.3 Å². The minimum Gasteiger partial charge on any atom is -0.379 e. The first-order valence-electron chi connectivity index (χ1n) is 7.75. The van der Waals surface area contributed by atoms with Crippen molar-refractivity contribution in [2.24, 2.45) is 5.73 Å². The van der Waals surface area contributed by atoms with E-state index >= 15 is 0 Å². The van der Waals surface area contributed by atoms with E-state index in [1.54, 1.807) is 12.1 Å². The van der Waals surface area contributed by atoms with Crippen molar-refractivity contribution in [1.82, 2.24) is 10.2 Å². The fourth-order valence-electron chi connectivity index (χ4n) is 2.32. The highest BCUT2D eigenvalue weighted by Crippen LogP contribution is 2.22. The average molecular weight is 337 g/mol. The molecule has 126 valence electrons. The summed E-state index contributed by atoms with van der Waals surface area (Å²) < 4.78 is 5.28. The highest BCUT2D eigenvalue weighted by Gasteiger charge is 2.11. The van der Waals surface area contributed by atoms with E-state index < -0.39 is 5.91 Å². The van der Waals surface area contributed by atoms with Crippen LogP contribution >= 0.6 is 11.8 Å². The Hall–Kier alpha value is -1.57. The van der Waals surface area contributed by atoms with Gasteiger partial charge in [0.25, 0.3) is 0 Å². The van der Waals surface area contributed by atoms with Gasteiger partial charge >= 0.3 is 0 Å². The minimum atomic E-state index is -0.442. The normalized spacial score (nSPS) is 15.3. The number of carbonyl (C=O) groups is 2. The molecule has 7 heteroatoms. The van der Waals surface area contributed by atoms with Gasteiger partial charge in [-0.2, -0.15) is 0 Å². The third-order valence-electron chi connectivity index (χ3n) is 3.59. The van der Waals surface area contributed by atoms with Crippen LogP contribution in [0.25, 0.3) is 0 Å². The van der Waals surface area contributed by atoms with Crippen LogP contribution in [0, 0.1) is 0 Å². The van der Waals surface area contributed by atoms with Gasteiger partial charge in [0.15, 0.2) is 0 Å². The zero-order valence-electron chi connectivity index (χ0n) is 13.1. The van der Waals surface area contributed by atoms with Crippen LogP contribution < -0.4 is 11.1 Å². The minimum absolute atomic E-state index is 0.0299. The van der Waals surface area contributed by atoms with Gasteiger partial charge in [-0.05, 0) is 12.1 Å². The van der Waals surface area contributed by atoms with Crippen molar-refractivity contribution >= 4 is 23.6 Å². The second-order valence-electron chi connectivity index (χ2n) is 5.26. The number of benzene rings is 1. The molecule has 0 aromatic heterocycles. The van der Waals surface area contributed by atoms with Gasteiger partial charge in [-0.3, -0.25) is 14.5 Å². The van der Waals surface area contributed by atoms with E-state index in [-0.39, 0.29) is 5.91 Å². The van der Waals surface area contributed by atoms with Gasteiger partial charge < -0.3 is 15.8 Å². The molecule has 1 saturated heterocycles. The Morgan fingerprint density at radius 2 is 2.00 bits per heavy atom. The highest BCUT2D eigenvalue weighted by molar-refractivity contribution is 7.99. The van der Waals surface area contributed by atoms with Crippen molar-refractivity contribution in [3.63, 3.8) is 0 Å². The molecule has 0 saturated carbocycles. The number of nitrogens with one attached hydrogen (secondary N) is 1. The molecular weight excluding hydrogens is 314 g/mol. The Labute approximate surface area is 140 Å². The van der Waals surface area contributed by atoms with E-state index in [2.05, 4.69) is 10.2 Å². The van der Waals surface area contributed by atoms with Gasteiger partial charge in [-0.25, -0.2) is 0 Å². The summed E-state index contributed by atoms with van der Waals surface area (Å²) in [5.74, 6) is 0.207. The Kier molecular flexibility index (Phi) is 7.38. The van der Waals surface area contributed by atoms with Crippen LogP contribution in [0.3, 0.4) is 0 Å². The Bertz CT molecular complexity index is 533. The molecule has 1 aliphatic rings. The summed E-state index contributed by atoms with van der Waals surface area (Å²) in [6.07, 6.45) is 0.418. The quantitative estimate of drug-likeness (QED) is 0.683. The topological polar surface area (TPSA) is 84.7 Å². The van der Waals surface area contributed by atoms with Gasteiger partial charge in [-0.1, -0.05) is 12.1 Å². The summed E-state index contributed by atoms with van der Waals surface area (Å²) in [6.45, 7) is 4.90. The Balaban J connectivity index is 1.64. The van der Waals surface area contributed by atoms with Crippen LogP contribution in [0.5, 0.6) is 0 Å². The van der Waals surface area contributed by atoms with E-state index in [4.69, 9.17) is 10.5 Å². The van der Waals surface area contributed by atoms with E-state index in [1.165, 1.54) is 11.8 Å². The van der Waals surface area contributed by atoms with Gasteiger partial charge in [0.05, 0.1) is 18.8 Å². The molecule has 1 heterocycles. The van der Waals surface area contributed by atoms with Gasteiger partial charge in [0, 0.05) is 43.2 Å². The van der Waals surface area contributed by atoms with Crippen molar-refractivity contribution in [1.29, 1.82) is 0 Å². The van der Waals surface area contributed by atoms with Crippen LogP contribution in [-0.2, 0) is 9.53 Å². The van der Waals surface area contributed by atoms with Crippen LogP contribution in [0.15, 0.2) is 29.2 Å². The molecule has 1 aromatic carbocycles. The van der Waals surface area contributed by atoms with Crippen LogP contribution in [0.4, 0.5) is 0 Å². The van der Waals surface area contributed by atoms with Crippen molar-refractivity contribution < 1.29 is 14.3 Å². The van der Waals surface area contributed by atoms with Crippen LogP contribution in [0.2, 0.25) is 0 Å². The summed E-state index contributed by atoms with van der Waals surface area (Å²) in [7, 11) is 0. The first-order valence-corrected chi connectivity index (χ1v) is 8.74. The second kappa shape index (κ2) is 9.54. The van der Waals surface area contributed by atoms with Crippen LogP contribution in [0.1, 0.15) is 16.8 Å². The maximum atomic E-state index is 11.8. The molecule has 0 aliphatic carbocycles. The Morgan fingerprint density at radius 3 is 2.74 bits per heavy atom. The molecule has 23 heavy (non-hydrogen) atoms. The lowest BCUT2D eigenvalue weighted by Gasteiger charge is -2.26. The molecule has 2 amide bonds. The number of nitrogens with zero attached hydrogens (tertiary/aromatic N) is 1. The fraction of sp³-hybridized carbons (Fsp3) is 0.500. The number of primary amides is 1. The largest absolute Gasteiger partial charge is 0.379 e. The predicted octanol–water partition coefficient (Wildman–Crippen LogP) is 0.716. The second-order valence-corrected chi connectivity index (χ2v) is 6.40. The predicted molar refractivity (Wildman–Crippen MR) is 90.6 cm³/mol. The number of ether oxygens (including phenoxy) is 1. The molecule has 2 rings (SSSR count). The van der Waals surface area contributed by atoms with Gasteiger partial charge in [0.2, 0.25) is 11.8 Å². The third kappa shape index (κ3) is 6.21. The summed E-state index contributed by atoms with van der Waals surface area (Å²) in [4.78, 5) is 26.3. The molecule has 3 N–H and O–H groups in total. The SMILES string of the molecule is NC(=O)c1ccccc1SCCC(=O)NCCN1CCOCC1. The van der Waals surface area contributed by atoms with E-state index in [1.807, 2.05) is 12.1 Å². The lowest BCUT2D eigenvalue weighted by molar-refractivity contribution is -0.120.